The summed E-state index contributed by atoms with van der Waals surface area (Å²) in [5, 5.41) is 0. The van der Waals surface area contributed by atoms with Crippen LogP contribution in [0, 0.1) is 11.7 Å². The van der Waals surface area contributed by atoms with E-state index >= 15 is 4.39 Å². The van der Waals surface area contributed by atoms with Gasteiger partial charge in [0.1, 0.15) is 11.6 Å². The molecule has 1 aliphatic heterocycles. The third-order valence-electron chi connectivity index (χ3n) is 5.89. The lowest BCUT2D eigenvalue weighted by Gasteiger charge is -2.27. The second-order valence-corrected chi connectivity index (χ2v) is 8.11. The van der Waals surface area contributed by atoms with E-state index in [1.54, 1.807) is 25.4 Å². The minimum atomic E-state index is -0.259. The lowest BCUT2D eigenvalue weighted by atomic mass is 9.87. The van der Waals surface area contributed by atoms with Gasteiger partial charge in [0, 0.05) is 18.2 Å². The van der Waals surface area contributed by atoms with Crippen LogP contribution in [0.15, 0.2) is 54.7 Å². The molecule has 3 aromatic rings. The number of hydrogen-bond donors (Lipinski definition) is 0. The molecule has 0 bridgehead atoms. The average molecular weight is 435 g/mol. The Balaban J connectivity index is 1.54. The molecular formula is C26H26FNO4. The van der Waals surface area contributed by atoms with Gasteiger partial charge in [-0.2, -0.15) is 0 Å². The molecule has 166 valence electrons. The van der Waals surface area contributed by atoms with Crippen molar-refractivity contribution in [2.75, 3.05) is 20.8 Å². The van der Waals surface area contributed by atoms with Gasteiger partial charge in [0.05, 0.1) is 26.7 Å². The maximum atomic E-state index is 15.1. The Morgan fingerprint density at radius 3 is 2.72 bits per heavy atom. The van der Waals surface area contributed by atoms with Crippen LogP contribution in [0.25, 0.3) is 11.1 Å². The van der Waals surface area contributed by atoms with E-state index in [4.69, 9.17) is 14.2 Å². The van der Waals surface area contributed by atoms with Crippen LogP contribution in [-0.2, 0) is 22.4 Å². The van der Waals surface area contributed by atoms with Crippen molar-refractivity contribution in [3.63, 3.8) is 0 Å². The maximum absolute atomic E-state index is 15.1. The van der Waals surface area contributed by atoms with Gasteiger partial charge < -0.3 is 14.2 Å². The largest absolute Gasteiger partial charge is 0.493 e. The summed E-state index contributed by atoms with van der Waals surface area (Å²) in [4.78, 5) is 15.8. The van der Waals surface area contributed by atoms with Gasteiger partial charge in [0.2, 0.25) is 5.88 Å². The van der Waals surface area contributed by atoms with Crippen LogP contribution < -0.4 is 9.47 Å². The molecule has 0 fully saturated rings. The minimum Gasteiger partial charge on any atom is -0.493 e. The van der Waals surface area contributed by atoms with Crippen molar-refractivity contribution in [3.05, 3.63) is 77.2 Å². The summed E-state index contributed by atoms with van der Waals surface area (Å²) in [6, 6.07) is 14.9. The second-order valence-electron chi connectivity index (χ2n) is 8.11. The number of rotatable bonds is 6. The molecule has 6 heteroatoms. The van der Waals surface area contributed by atoms with Gasteiger partial charge in [-0.15, -0.1) is 0 Å². The first-order valence-electron chi connectivity index (χ1n) is 10.6. The number of ether oxygens (including phenoxy) is 3. The first-order valence-corrected chi connectivity index (χ1v) is 10.6. The summed E-state index contributed by atoms with van der Waals surface area (Å²) in [5.74, 6) is 0.502. The summed E-state index contributed by atoms with van der Waals surface area (Å²) in [7, 11) is 2.95. The number of carbonyl (C=O) groups excluding carboxylic acids is 1. The first-order chi connectivity index (χ1) is 15.5. The zero-order valence-corrected chi connectivity index (χ0v) is 18.4. The fraction of sp³-hybridized carbons (Fsp3) is 0.308. The minimum absolute atomic E-state index is 0.0863. The highest BCUT2D eigenvalue weighted by molar-refractivity contribution is 5.72. The van der Waals surface area contributed by atoms with Crippen molar-refractivity contribution < 1.29 is 23.4 Å². The number of fused-ring (bicyclic) bond motifs is 1. The van der Waals surface area contributed by atoms with Crippen molar-refractivity contribution in [1.82, 2.24) is 4.98 Å². The molecule has 1 aliphatic rings. The van der Waals surface area contributed by atoms with E-state index in [1.165, 1.54) is 7.11 Å². The highest BCUT2D eigenvalue weighted by Crippen LogP contribution is 2.35. The molecule has 5 nitrogen and oxygen atoms in total. The summed E-state index contributed by atoms with van der Waals surface area (Å²) in [5.41, 5.74) is 4.31. The summed E-state index contributed by atoms with van der Waals surface area (Å²) in [6.07, 6.45) is 2.91. The number of carbonyl (C=O) groups is 1. The third kappa shape index (κ3) is 4.59. The van der Waals surface area contributed by atoms with E-state index in [1.807, 2.05) is 37.3 Å². The number of benzene rings is 2. The molecule has 2 heterocycles. The van der Waals surface area contributed by atoms with Crippen molar-refractivity contribution in [2.24, 2.45) is 5.92 Å². The molecule has 2 unspecified atom stereocenters. The fourth-order valence-electron chi connectivity index (χ4n) is 4.15. The number of halogens is 1. The van der Waals surface area contributed by atoms with E-state index in [0.717, 1.165) is 28.0 Å². The molecule has 0 saturated carbocycles. The number of nitrogens with zero attached hydrogens (tertiary/aromatic N) is 1. The summed E-state index contributed by atoms with van der Waals surface area (Å²) in [6.45, 7) is 2.27. The van der Waals surface area contributed by atoms with Crippen LogP contribution in [0.4, 0.5) is 4.39 Å². The Hall–Kier alpha value is -3.41. The highest BCUT2D eigenvalue weighted by Gasteiger charge is 2.25. The van der Waals surface area contributed by atoms with Crippen molar-refractivity contribution in [3.8, 4) is 22.8 Å². The van der Waals surface area contributed by atoms with E-state index in [0.29, 0.717) is 30.9 Å². The lowest BCUT2D eigenvalue weighted by molar-refractivity contribution is -0.144. The molecule has 0 saturated heterocycles. The molecule has 0 N–H and O–H groups in total. The number of hydrogen-bond acceptors (Lipinski definition) is 5. The summed E-state index contributed by atoms with van der Waals surface area (Å²) >= 11 is 0. The monoisotopic (exact) mass is 435 g/mol. The highest BCUT2D eigenvalue weighted by atomic mass is 19.1. The standard InChI is InChI=1S/C26H26FNO4/c1-16(26(29)31-3)10-17-4-7-24-20(11-17)12-21(15-32-24)22-6-5-18(13-23(22)27)19-8-9-28-25(14-19)30-2/h4-9,11,13-14,16,21H,10,12,15H2,1-3H3. The van der Waals surface area contributed by atoms with Gasteiger partial charge in [-0.1, -0.05) is 31.2 Å². The van der Waals surface area contributed by atoms with E-state index in [9.17, 15) is 4.79 Å². The zero-order chi connectivity index (χ0) is 22.7. The molecule has 4 rings (SSSR count). The quantitative estimate of drug-likeness (QED) is 0.512. The molecule has 1 aromatic heterocycles. The van der Waals surface area contributed by atoms with Crippen LogP contribution in [-0.4, -0.2) is 31.8 Å². The van der Waals surface area contributed by atoms with Gasteiger partial charge >= 0.3 is 5.97 Å². The van der Waals surface area contributed by atoms with Crippen LogP contribution in [0.3, 0.4) is 0 Å². The van der Waals surface area contributed by atoms with E-state index in [-0.39, 0.29) is 23.6 Å². The van der Waals surface area contributed by atoms with Gasteiger partial charge in [-0.25, -0.2) is 9.37 Å². The molecule has 0 radical (unpaired) electrons. The van der Waals surface area contributed by atoms with Crippen LogP contribution in [0.1, 0.15) is 29.5 Å². The second kappa shape index (κ2) is 9.39. The number of esters is 1. The molecule has 2 atom stereocenters. The number of methoxy groups -OCH3 is 2. The first kappa shape index (κ1) is 21.8. The summed E-state index contributed by atoms with van der Waals surface area (Å²) < 4.78 is 31.0. The normalized spacial score (nSPS) is 15.9. The number of pyridine rings is 1. The molecule has 0 amide bonds. The fourth-order valence-corrected chi connectivity index (χ4v) is 4.15. The van der Waals surface area contributed by atoms with E-state index < -0.39 is 0 Å². The van der Waals surface area contributed by atoms with Gasteiger partial charge in [0.25, 0.3) is 0 Å². The third-order valence-corrected chi connectivity index (χ3v) is 5.89. The van der Waals surface area contributed by atoms with Gasteiger partial charge in [-0.3, -0.25) is 4.79 Å². The molecular weight excluding hydrogens is 409 g/mol. The van der Waals surface area contributed by atoms with Crippen LogP contribution in [0.5, 0.6) is 11.6 Å². The SMILES string of the molecule is COC(=O)C(C)Cc1ccc2c(c1)CC(c1ccc(-c3ccnc(OC)c3)cc1F)CO2. The van der Waals surface area contributed by atoms with Crippen LogP contribution in [0.2, 0.25) is 0 Å². The van der Waals surface area contributed by atoms with E-state index in [2.05, 4.69) is 11.1 Å². The van der Waals surface area contributed by atoms with Gasteiger partial charge in [0.15, 0.2) is 0 Å². The Kier molecular flexibility index (Phi) is 6.40. The average Bonchev–Trinajstić information content (AvgIpc) is 2.83. The molecule has 0 aliphatic carbocycles. The Bertz CT molecular complexity index is 1130. The molecule has 32 heavy (non-hydrogen) atoms. The number of aromatic nitrogens is 1. The Labute approximate surface area is 187 Å². The predicted octanol–water partition coefficient (Wildman–Crippen LogP) is 4.97. The maximum Gasteiger partial charge on any atom is 0.308 e. The van der Waals surface area contributed by atoms with Crippen LogP contribution >= 0.6 is 0 Å². The Morgan fingerprint density at radius 1 is 1.16 bits per heavy atom. The molecule has 2 aromatic carbocycles. The zero-order valence-electron chi connectivity index (χ0n) is 18.4. The molecule has 0 spiro atoms. The predicted molar refractivity (Wildman–Crippen MR) is 119 cm³/mol. The lowest BCUT2D eigenvalue weighted by Crippen LogP contribution is -2.21. The van der Waals surface area contributed by atoms with Crippen molar-refractivity contribution in [1.29, 1.82) is 0 Å². The Morgan fingerprint density at radius 2 is 1.97 bits per heavy atom. The van der Waals surface area contributed by atoms with Crippen molar-refractivity contribution in [2.45, 2.75) is 25.7 Å². The van der Waals surface area contributed by atoms with Gasteiger partial charge in [-0.05, 0) is 58.9 Å². The topological polar surface area (TPSA) is 57.7 Å². The van der Waals surface area contributed by atoms with Crippen molar-refractivity contribution >= 4 is 5.97 Å². The smallest absolute Gasteiger partial charge is 0.308 e.